The monoisotopic (exact) mass is 344 g/mol. The minimum absolute atomic E-state index is 0.161. The van der Waals surface area contributed by atoms with Crippen molar-refractivity contribution in [2.24, 2.45) is 0 Å². The van der Waals surface area contributed by atoms with Crippen LogP contribution < -0.4 is 5.32 Å². The van der Waals surface area contributed by atoms with Gasteiger partial charge in [0, 0.05) is 18.0 Å². The number of hydrogen-bond acceptors (Lipinski definition) is 3. The van der Waals surface area contributed by atoms with Crippen LogP contribution in [0.3, 0.4) is 0 Å². The molecule has 5 heteroatoms. The molecular weight excluding hydrogens is 316 g/mol. The number of amides is 1. The van der Waals surface area contributed by atoms with E-state index in [0.717, 1.165) is 47.7 Å². The highest BCUT2D eigenvalue weighted by atomic mass is 16.5. The van der Waals surface area contributed by atoms with Crippen molar-refractivity contribution in [1.29, 1.82) is 0 Å². The first-order chi connectivity index (χ1) is 11.9. The number of aromatic amines is 1. The Balaban J connectivity index is 1.87. The van der Waals surface area contributed by atoms with Gasteiger partial charge in [0.1, 0.15) is 11.8 Å². The molecule has 5 nitrogen and oxygen atoms in total. The molecule has 1 aromatic heterocycles. The molecule has 1 aliphatic rings. The minimum Gasteiger partial charge on any atom is -0.388 e. The number of fused-ring (bicyclic) bond motifs is 1. The molecule has 1 aromatic carbocycles. The molecule has 3 rings (SSSR count). The Morgan fingerprint density at radius 2 is 1.96 bits per heavy atom. The topological polar surface area (TPSA) is 74.3 Å². The Hall–Kier alpha value is -1.85. The van der Waals surface area contributed by atoms with Crippen LogP contribution in [0.2, 0.25) is 0 Å². The highest BCUT2D eigenvalue weighted by Crippen LogP contribution is 2.27. The smallest absolute Gasteiger partial charge is 0.268 e. The van der Waals surface area contributed by atoms with E-state index in [1.54, 1.807) is 7.11 Å². The summed E-state index contributed by atoms with van der Waals surface area (Å²) >= 11 is 0. The van der Waals surface area contributed by atoms with Crippen molar-refractivity contribution in [2.45, 2.75) is 64.7 Å². The van der Waals surface area contributed by atoms with E-state index in [1.165, 1.54) is 5.56 Å². The Bertz CT molecular complexity index is 781. The van der Waals surface area contributed by atoms with Crippen molar-refractivity contribution < 1.29 is 14.6 Å². The molecule has 25 heavy (non-hydrogen) atoms. The van der Waals surface area contributed by atoms with Gasteiger partial charge in [0.05, 0.1) is 12.1 Å². The van der Waals surface area contributed by atoms with Crippen LogP contribution in [0.4, 0.5) is 0 Å². The zero-order valence-corrected chi connectivity index (χ0v) is 15.5. The lowest BCUT2D eigenvalue weighted by atomic mass is 10.0. The third-order valence-corrected chi connectivity index (χ3v) is 5.40. The average molecular weight is 344 g/mol. The van der Waals surface area contributed by atoms with Gasteiger partial charge in [0.15, 0.2) is 0 Å². The molecule has 136 valence electrons. The Kier molecular flexibility index (Phi) is 5.16. The summed E-state index contributed by atoms with van der Waals surface area (Å²) in [5, 5.41) is 14.7. The molecule has 3 atom stereocenters. The number of benzene rings is 1. The largest absolute Gasteiger partial charge is 0.388 e. The van der Waals surface area contributed by atoms with E-state index < -0.39 is 6.10 Å². The number of nitrogens with one attached hydrogen (secondary N) is 2. The normalized spacial score (nSPS) is 24.3. The molecule has 1 fully saturated rings. The number of aliphatic hydroxyl groups is 1. The predicted octanol–water partition coefficient (Wildman–Crippen LogP) is 3.14. The highest BCUT2D eigenvalue weighted by Gasteiger charge is 2.32. The number of rotatable bonds is 3. The van der Waals surface area contributed by atoms with E-state index in [-0.39, 0.29) is 18.1 Å². The molecule has 0 bridgehead atoms. The van der Waals surface area contributed by atoms with Gasteiger partial charge < -0.3 is 20.1 Å². The van der Waals surface area contributed by atoms with Crippen LogP contribution in [-0.2, 0) is 4.74 Å². The van der Waals surface area contributed by atoms with Gasteiger partial charge in [-0.05, 0) is 50.8 Å². The van der Waals surface area contributed by atoms with Crippen molar-refractivity contribution in [3.8, 4) is 0 Å². The second-order valence-electron chi connectivity index (χ2n) is 7.26. The molecule has 1 saturated carbocycles. The molecule has 1 aliphatic carbocycles. The zero-order valence-electron chi connectivity index (χ0n) is 15.5. The second kappa shape index (κ2) is 7.18. The zero-order chi connectivity index (χ0) is 18.1. The predicted molar refractivity (Wildman–Crippen MR) is 99.0 cm³/mol. The summed E-state index contributed by atoms with van der Waals surface area (Å²) in [6.45, 7) is 6.07. The summed E-state index contributed by atoms with van der Waals surface area (Å²) in [6, 6.07) is 3.93. The lowest BCUT2D eigenvalue weighted by Gasteiger charge is -2.27. The first-order valence-corrected chi connectivity index (χ1v) is 9.03. The number of methoxy groups -OCH3 is 1. The van der Waals surface area contributed by atoms with Gasteiger partial charge in [-0.2, -0.15) is 0 Å². The number of aryl methyl sites for hydroxylation is 3. The van der Waals surface area contributed by atoms with Crippen molar-refractivity contribution in [2.75, 3.05) is 7.11 Å². The van der Waals surface area contributed by atoms with Gasteiger partial charge in [-0.15, -0.1) is 0 Å². The summed E-state index contributed by atoms with van der Waals surface area (Å²) in [6.07, 6.45) is 2.68. The van der Waals surface area contributed by atoms with E-state index >= 15 is 0 Å². The molecule has 0 saturated heterocycles. The summed E-state index contributed by atoms with van der Waals surface area (Å²) in [5.41, 5.74) is 4.84. The first kappa shape index (κ1) is 18.0. The molecule has 1 heterocycles. The number of H-pyrrole nitrogens is 1. The van der Waals surface area contributed by atoms with Crippen LogP contribution in [0.1, 0.15) is 52.9 Å². The summed E-state index contributed by atoms with van der Waals surface area (Å²) in [7, 11) is 1.62. The van der Waals surface area contributed by atoms with Gasteiger partial charge in [-0.1, -0.05) is 24.5 Å². The van der Waals surface area contributed by atoms with Gasteiger partial charge >= 0.3 is 0 Å². The Morgan fingerprint density at radius 3 is 2.68 bits per heavy atom. The lowest BCUT2D eigenvalue weighted by molar-refractivity contribution is -0.0277. The second-order valence-corrected chi connectivity index (χ2v) is 7.26. The van der Waals surface area contributed by atoms with Crippen molar-refractivity contribution >= 4 is 16.8 Å². The van der Waals surface area contributed by atoms with E-state index in [2.05, 4.69) is 29.4 Å². The van der Waals surface area contributed by atoms with Crippen molar-refractivity contribution in [1.82, 2.24) is 10.3 Å². The summed E-state index contributed by atoms with van der Waals surface area (Å²) in [5.74, 6) is -0.161. The number of aliphatic hydroxyl groups excluding tert-OH is 1. The third kappa shape index (κ3) is 3.44. The third-order valence-electron chi connectivity index (χ3n) is 5.40. The van der Waals surface area contributed by atoms with Crippen LogP contribution in [0.15, 0.2) is 12.1 Å². The van der Waals surface area contributed by atoms with E-state index in [9.17, 15) is 9.90 Å². The number of carbonyl (C=O) groups is 1. The van der Waals surface area contributed by atoms with Crippen molar-refractivity contribution in [3.05, 3.63) is 34.5 Å². The highest BCUT2D eigenvalue weighted by molar-refractivity contribution is 6.01. The van der Waals surface area contributed by atoms with Crippen LogP contribution in [0, 0.1) is 20.8 Å². The lowest BCUT2D eigenvalue weighted by Crippen LogP contribution is -2.48. The van der Waals surface area contributed by atoms with Crippen LogP contribution in [0.5, 0.6) is 0 Å². The molecule has 0 aliphatic heterocycles. The fourth-order valence-electron chi connectivity index (χ4n) is 3.98. The van der Waals surface area contributed by atoms with Gasteiger partial charge in [-0.3, -0.25) is 4.79 Å². The maximum Gasteiger partial charge on any atom is 0.268 e. The summed E-state index contributed by atoms with van der Waals surface area (Å²) < 4.78 is 5.39. The Labute approximate surface area is 148 Å². The van der Waals surface area contributed by atoms with E-state index in [1.807, 2.05) is 13.8 Å². The van der Waals surface area contributed by atoms with Gasteiger partial charge in [0.25, 0.3) is 5.91 Å². The number of ether oxygens (including phenoxy) is 1. The van der Waals surface area contributed by atoms with E-state index in [4.69, 9.17) is 4.74 Å². The minimum atomic E-state index is -0.676. The molecule has 2 aromatic rings. The molecule has 0 unspecified atom stereocenters. The molecule has 1 amide bonds. The van der Waals surface area contributed by atoms with Crippen LogP contribution in [-0.4, -0.2) is 41.4 Å². The maximum atomic E-state index is 12.9. The van der Waals surface area contributed by atoms with Gasteiger partial charge in [-0.25, -0.2) is 0 Å². The number of aromatic nitrogens is 1. The molecule has 0 radical (unpaired) electrons. The molecule has 0 spiro atoms. The van der Waals surface area contributed by atoms with Crippen LogP contribution in [0.25, 0.3) is 10.9 Å². The van der Waals surface area contributed by atoms with Gasteiger partial charge in [0.2, 0.25) is 0 Å². The summed E-state index contributed by atoms with van der Waals surface area (Å²) in [4.78, 5) is 16.1. The number of carbonyl (C=O) groups excluding carboxylic acids is 1. The quantitative estimate of drug-likeness (QED) is 0.749. The maximum absolute atomic E-state index is 12.9. The standard InChI is InChI=1S/C20H28N2O3/c1-11-9-12(2)17-14(10-11)13(3)18(22-17)20(24)21-15-7-5-6-8-16(25-4)19(15)23/h9-10,15-16,19,22-23H,5-8H2,1-4H3,(H,21,24)/t15-,16-,19-/m1/s1. The fourth-order valence-corrected chi connectivity index (χ4v) is 3.98. The van der Waals surface area contributed by atoms with Crippen molar-refractivity contribution in [3.63, 3.8) is 0 Å². The average Bonchev–Trinajstić information content (AvgIpc) is 2.80. The van der Waals surface area contributed by atoms with E-state index in [0.29, 0.717) is 5.69 Å². The fraction of sp³-hybridized carbons (Fsp3) is 0.550. The number of hydrogen-bond donors (Lipinski definition) is 3. The molecular formula is C20H28N2O3. The first-order valence-electron chi connectivity index (χ1n) is 9.03. The SMILES string of the molecule is CO[C@@H]1CCCC[C@@H](NC(=O)c2[nH]c3c(C)cc(C)cc3c2C)[C@H]1O. The van der Waals surface area contributed by atoms with Crippen LogP contribution >= 0.6 is 0 Å². The Morgan fingerprint density at radius 1 is 1.24 bits per heavy atom. The molecule has 3 N–H and O–H groups in total.